The molecule has 1 saturated heterocycles. The molecule has 1 aromatic rings. The van der Waals surface area contributed by atoms with Gasteiger partial charge in [0.25, 0.3) is 0 Å². The van der Waals surface area contributed by atoms with Gasteiger partial charge in [0.1, 0.15) is 0 Å². The van der Waals surface area contributed by atoms with Crippen LogP contribution in [0.1, 0.15) is 97.8 Å². The van der Waals surface area contributed by atoms with Crippen LogP contribution in [0.2, 0.25) is 0 Å². The summed E-state index contributed by atoms with van der Waals surface area (Å²) in [5.74, 6) is 0. The fourth-order valence-electron chi connectivity index (χ4n) is 4.86. The summed E-state index contributed by atoms with van der Waals surface area (Å²) in [5, 5.41) is 0. The molecule has 28 heavy (non-hydrogen) atoms. The molecule has 1 aliphatic heterocycles. The first-order valence-corrected chi connectivity index (χ1v) is 12.3. The third-order valence-electron chi connectivity index (χ3n) is 6.56. The third-order valence-corrected chi connectivity index (χ3v) is 6.56. The van der Waals surface area contributed by atoms with Gasteiger partial charge in [-0.1, -0.05) is 77.0 Å². The van der Waals surface area contributed by atoms with Crippen molar-refractivity contribution in [2.24, 2.45) is 0 Å². The quantitative estimate of drug-likeness (QED) is 0.310. The van der Waals surface area contributed by atoms with Gasteiger partial charge in [-0.25, -0.2) is 0 Å². The molecule has 0 radical (unpaired) electrons. The maximum atomic E-state index is 2.77. The van der Waals surface area contributed by atoms with Gasteiger partial charge < -0.3 is 9.80 Å². The van der Waals surface area contributed by atoms with Crippen molar-refractivity contribution in [1.29, 1.82) is 0 Å². The zero-order valence-corrected chi connectivity index (χ0v) is 19.0. The smallest absolute Gasteiger partial charge is 0.0368 e. The van der Waals surface area contributed by atoms with Crippen molar-refractivity contribution in [1.82, 2.24) is 4.90 Å². The number of hydrogen-bond acceptors (Lipinski definition) is 2. The standard InChI is InChI=1S/C26H46N2/c1-4-6-7-8-9-11-16-24(3)28(26-18-12-10-13-19-26)23-20-25-17-14-15-22-27(25)21-5-2/h10,12-13,18-19,24-25H,4-9,11,14-17,20-23H2,1-3H3/t24-,25?/m0/s1. The summed E-state index contributed by atoms with van der Waals surface area (Å²) in [5.41, 5.74) is 1.42. The average molecular weight is 387 g/mol. The molecule has 2 nitrogen and oxygen atoms in total. The van der Waals surface area contributed by atoms with Gasteiger partial charge in [-0.05, 0) is 64.3 Å². The van der Waals surface area contributed by atoms with Crippen LogP contribution in [0.3, 0.4) is 0 Å². The van der Waals surface area contributed by atoms with Crippen molar-refractivity contribution in [2.75, 3.05) is 24.5 Å². The molecule has 1 fully saturated rings. The van der Waals surface area contributed by atoms with Crippen LogP contribution in [0.25, 0.3) is 0 Å². The van der Waals surface area contributed by atoms with Crippen LogP contribution in [0.5, 0.6) is 0 Å². The first-order valence-electron chi connectivity index (χ1n) is 12.3. The SMILES string of the molecule is CCCCCCCC[C@H](C)N(CCC1CCCCN1CCC)c1ccccc1. The van der Waals surface area contributed by atoms with E-state index in [9.17, 15) is 0 Å². The summed E-state index contributed by atoms with van der Waals surface area (Å²) in [7, 11) is 0. The molecule has 0 saturated carbocycles. The monoisotopic (exact) mass is 386 g/mol. The second-order valence-electron chi connectivity index (χ2n) is 8.91. The molecule has 0 aromatic heterocycles. The summed E-state index contributed by atoms with van der Waals surface area (Å²) < 4.78 is 0. The van der Waals surface area contributed by atoms with Crippen LogP contribution in [0.15, 0.2) is 30.3 Å². The lowest BCUT2D eigenvalue weighted by atomic mass is 9.98. The van der Waals surface area contributed by atoms with E-state index in [0.29, 0.717) is 6.04 Å². The largest absolute Gasteiger partial charge is 0.369 e. The van der Waals surface area contributed by atoms with Crippen LogP contribution >= 0.6 is 0 Å². The molecule has 2 atom stereocenters. The number of hydrogen-bond donors (Lipinski definition) is 0. The zero-order chi connectivity index (χ0) is 20.0. The number of piperidine rings is 1. The number of benzene rings is 1. The minimum atomic E-state index is 0.636. The molecule has 1 aliphatic rings. The number of rotatable bonds is 14. The fourth-order valence-corrected chi connectivity index (χ4v) is 4.86. The second-order valence-corrected chi connectivity index (χ2v) is 8.91. The van der Waals surface area contributed by atoms with E-state index in [1.165, 1.54) is 102 Å². The third kappa shape index (κ3) is 8.15. The molecule has 2 rings (SSSR count). The summed E-state index contributed by atoms with van der Waals surface area (Å²) >= 11 is 0. The highest BCUT2D eigenvalue weighted by molar-refractivity contribution is 5.46. The molecule has 0 N–H and O–H groups in total. The summed E-state index contributed by atoms with van der Waals surface area (Å²) in [6.45, 7) is 10.9. The molecular formula is C26H46N2. The van der Waals surface area contributed by atoms with Crippen molar-refractivity contribution < 1.29 is 0 Å². The van der Waals surface area contributed by atoms with E-state index in [-0.39, 0.29) is 0 Å². The molecule has 0 amide bonds. The highest BCUT2D eigenvalue weighted by Crippen LogP contribution is 2.24. The number of unbranched alkanes of at least 4 members (excludes halogenated alkanes) is 5. The molecule has 0 spiro atoms. The van der Waals surface area contributed by atoms with E-state index < -0.39 is 0 Å². The van der Waals surface area contributed by atoms with Gasteiger partial charge in [0.05, 0.1) is 0 Å². The predicted molar refractivity (Wildman–Crippen MR) is 125 cm³/mol. The molecule has 1 unspecified atom stereocenters. The summed E-state index contributed by atoms with van der Waals surface area (Å²) in [4.78, 5) is 5.47. The molecule has 0 aliphatic carbocycles. The van der Waals surface area contributed by atoms with Crippen LogP contribution in [-0.4, -0.2) is 36.6 Å². The Kier molecular flexibility index (Phi) is 11.7. The van der Waals surface area contributed by atoms with Crippen molar-refractivity contribution in [2.45, 2.75) is 110 Å². The van der Waals surface area contributed by atoms with Crippen molar-refractivity contribution >= 4 is 5.69 Å². The topological polar surface area (TPSA) is 6.48 Å². The lowest BCUT2D eigenvalue weighted by Gasteiger charge is -2.38. The first kappa shape index (κ1) is 23.3. The van der Waals surface area contributed by atoms with Crippen LogP contribution in [0.4, 0.5) is 5.69 Å². The van der Waals surface area contributed by atoms with E-state index in [4.69, 9.17) is 0 Å². The zero-order valence-electron chi connectivity index (χ0n) is 19.0. The van der Waals surface area contributed by atoms with Gasteiger partial charge in [0.15, 0.2) is 0 Å². The summed E-state index contributed by atoms with van der Waals surface area (Å²) in [6.07, 6.45) is 16.5. The number of para-hydroxylation sites is 1. The lowest BCUT2D eigenvalue weighted by Crippen LogP contribution is -2.43. The molecule has 1 aromatic carbocycles. The van der Waals surface area contributed by atoms with Gasteiger partial charge >= 0.3 is 0 Å². The number of anilines is 1. The summed E-state index contributed by atoms with van der Waals surface area (Å²) in [6, 6.07) is 12.6. The fraction of sp³-hybridized carbons (Fsp3) is 0.769. The van der Waals surface area contributed by atoms with Gasteiger partial charge in [0.2, 0.25) is 0 Å². The Hall–Kier alpha value is -1.02. The maximum Gasteiger partial charge on any atom is 0.0368 e. The van der Waals surface area contributed by atoms with Crippen LogP contribution < -0.4 is 4.90 Å². The van der Waals surface area contributed by atoms with Crippen molar-refractivity contribution in [3.8, 4) is 0 Å². The normalized spacial score (nSPS) is 18.9. The van der Waals surface area contributed by atoms with Crippen LogP contribution in [0, 0.1) is 0 Å². The van der Waals surface area contributed by atoms with E-state index in [1.54, 1.807) is 0 Å². The highest BCUT2D eigenvalue weighted by Gasteiger charge is 2.23. The van der Waals surface area contributed by atoms with Crippen molar-refractivity contribution in [3.63, 3.8) is 0 Å². The van der Waals surface area contributed by atoms with E-state index in [2.05, 4.69) is 60.9 Å². The van der Waals surface area contributed by atoms with E-state index in [0.717, 1.165) is 6.04 Å². The minimum absolute atomic E-state index is 0.636. The Morgan fingerprint density at radius 1 is 0.964 bits per heavy atom. The highest BCUT2D eigenvalue weighted by atomic mass is 15.2. The Balaban J connectivity index is 1.88. The second kappa shape index (κ2) is 14.0. The molecule has 160 valence electrons. The molecule has 0 bridgehead atoms. The molecule has 2 heteroatoms. The number of likely N-dealkylation sites (tertiary alicyclic amines) is 1. The lowest BCUT2D eigenvalue weighted by molar-refractivity contribution is 0.141. The predicted octanol–water partition coefficient (Wildman–Crippen LogP) is 7.29. The van der Waals surface area contributed by atoms with Crippen LogP contribution in [-0.2, 0) is 0 Å². The average Bonchev–Trinajstić information content (AvgIpc) is 2.73. The van der Waals surface area contributed by atoms with Gasteiger partial charge in [-0.3, -0.25) is 0 Å². The van der Waals surface area contributed by atoms with E-state index >= 15 is 0 Å². The Morgan fingerprint density at radius 2 is 1.71 bits per heavy atom. The van der Waals surface area contributed by atoms with E-state index in [1.807, 2.05) is 0 Å². The van der Waals surface area contributed by atoms with Gasteiger partial charge in [0, 0.05) is 24.3 Å². The molecule has 1 heterocycles. The number of nitrogens with zero attached hydrogens (tertiary/aromatic N) is 2. The molecular weight excluding hydrogens is 340 g/mol. The maximum absolute atomic E-state index is 2.77. The van der Waals surface area contributed by atoms with Gasteiger partial charge in [-0.2, -0.15) is 0 Å². The Morgan fingerprint density at radius 3 is 2.46 bits per heavy atom. The minimum Gasteiger partial charge on any atom is -0.369 e. The Bertz CT molecular complexity index is 484. The van der Waals surface area contributed by atoms with Gasteiger partial charge in [-0.15, -0.1) is 0 Å². The van der Waals surface area contributed by atoms with Crippen molar-refractivity contribution in [3.05, 3.63) is 30.3 Å². The first-order chi connectivity index (χ1) is 13.8. The Labute approximate surface area is 175 Å².